The fourth-order valence-corrected chi connectivity index (χ4v) is 7.10. The van der Waals surface area contributed by atoms with Gasteiger partial charge in [0.2, 0.25) is 18.0 Å². The number of pyridine rings is 1. The quantitative estimate of drug-likeness (QED) is 0.151. The largest absolute Gasteiger partial charge is 0.492 e. The molecule has 260 valence electrons. The Kier molecular flexibility index (Phi) is 8.54. The normalized spacial score (nSPS) is 18.5. The van der Waals surface area contributed by atoms with Gasteiger partial charge in [0.15, 0.2) is 11.6 Å². The number of aromatic carboxylic acids is 1. The predicted octanol–water partition coefficient (Wildman–Crippen LogP) is 4.55. The number of fused-ring (bicyclic) bond motifs is 2. The maximum absolute atomic E-state index is 15.8. The number of methoxy groups -OCH3 is 1. The summed E-state index contributed by atoms with van der Waals surface area (Å²) in [6.45, 7) is 2.19. The number of hydrogen-bond acceptors (Lipinski definition) is 9. The molecular weight excluding hydrogens is 651 g/mol. The number of carbonyl (C=O) groups is 4. The molecule has 7 rings (SSSR count). The number of carboxylic acid groups (broad SMARTS) is 1. The smallest absolute Gasteiger partial charge is 0.413 e. The first-order valence-corrected chi connectivity index (χ1v) is 16.4. The number of halogens is 1. The summed E-state index contributed by atoms with van der Waals surface area (Å²) in [5.74, 6) is -3.33. The highest BCUT2D eigenvalue weighted by Crippen LogP contribution is 2.44. The van der Waals surface area contributed by atoms with Gasteiger partial charge in [-0.1, -0.05) is 30.3 Å². The standard InChI is InChI=1S/C36H35FN4O9/c1-20-17-38(30-26(37)16-24-29(33(30)48-2)41(22-8-9-22)18-25(32(24)43)34(44)45)14-15-39(20)36(47)50-19-49-35(46)23-12-13-40-27(23)10-11-28(40)31(42)21-6-4-3-5-7-21/h3-7,10-11,16,18,20,22-23H,8-9,12-15,17,19H2,1-2H3,(H,44,45). The van der Waals surface area contributed by atoms with Gasteiger partial charge in [-0.05, 0) is 44.4 Å². The topological polar surface area (TPSA) is 150 Å². The third-order valence-corrected chi connectivity index (χ3v) is 9.70. The molecule has 4 aromatic rings. The maximum Gasteiger partial charge on any atom is 0.413 e. The van der Waals surface area contributed by atoms with Crippen molar-refractivity contribution in [3.05, 3.63) is 93.3 Å². The Morgan fingerprint density at radius 1 is 0.980 bits per heavy atom. The lowest BCUT2D eigenvalue weighted by molar-refractivity contribution is -0.154. The van der Waals surface area contributed by atoms with E-state index in [1.807, 2.05) is 10.6 Å². The van der Waals surface area contributed by atoms with Crippen molar-refractivity contribution in [1.82, 2.24) is 14.0 Å². The molecule has 13 nitrogen and oxygen atoms in total. The van der Waals surface area contributed by atoms with Gasteiger partial charge in [0.05, 0.1) is 29.6 Å². The van der Waals surface area contributed by atoms with Gasteiger partial charge < -0.3 is 38.3 Å². The van der Waals surface area contributed by atoms with E-state index < -0.39 is 53.6 Å². The summed E-state index contributed by atoms with van der Waals surface area (Å²) < 4.78 is 35.6. The second-order valence-corrected chi connectivity index (χ2v) is 12.8. The van der Waals surface area contributed by atoms with E-state index >= 15 is 4.39 Å². The Bertz CT molecular complexity index is 2090. The van der Waals surface area contributed by atoms with E-state index in [2.05, 4.69) is 0 Å². The Hall–Kier alpha value is -5.66. The number of esters is 1. The van der Waals surface area contributed by atoms with Crippen LogP contribution < -0.4 is 15.1 Å². The van der Waals surface area contributed by atoms with Crippen molar-refractivity contribution in [1.29, 1.82) is 0 Å². The Labute approximate surface area is 285 Å². The zero-order valence-corrected chi connectivity index (χ0v) is 27.5. The number of piperazine rings is 1. The zero-order chi connectivity index (χ0) is 35.3. The first-order valence-electron chi connectivity index (χ1n) is 16.4. The lowest BCUT2D eigenvalue weighted by Crippen LogP contribution is -2.54. The van der Waals surface area contributed by atoms with E-state index in [-0.39, 0.29) is 48.3 Å². The molecule has 1 saturated heterocycles. The van der Waals surface area contributed by atoms with Crippen molar-refractivity contribution in [2.75, 3.05) is 38.4 Å². The van der Waals surface area contributed by atoms with Gasteiger partial charge in [-0.2, -0.15) is 0 Å². The number of nitrogens with zero attached hydrogens (tertiary/aromatic N) is 4. The van der Waals surface area contributed by atoms with Crippen LogP contribution in [0.1, 0.15) is 70.2 Å². The fraction of sp³-hybridized carbons (Fsp3) is 0.361. The van der Waals surface area contributed by atoms with Gasteiger partial charge in [0.25, 0.3) is 0 Å². The van der Waals surface area contributed by atoms with Crippen molar-refractivity contribution in [3.63, 3.8) is 0 Å². The minimum atomic E-state index is -1.39. The molecule has 2 fully saturated rings. The maximum atomic E-state index is 15.8. The number of anilines is 1. The van der Waals surface area contributed by atoms with E-state index in [1.54, 1.807) is 52.8 Å². The molecule has 2 aromatic heterocycles. The molecule has 14 heteroatoms. The Morgan fingerprint density at radius 3 is 2.42 bits per heavy atom. The highest BCUT2D eigenvalue weighted by molar-refractivity contribution is 6.08. The van der Waals surface area contributed by atoms with Crippen molar-refractivity contribution >= 4 is 40.4 Å². The Balaban J connectivity index is 0.999. The summed E-state index contributed by atoms with van der Waals surface area (Å²) >= 11 is 0. The molecule has 2 unspecified atom stereocenters. The molecule has 50 heavy (non-hydrogen) atoms. The number of carboxylic acids is 1. The average molecular weight is 687 g/mol. The number of rotatable bonds is 9. The summed E-state index contributed by atoms with van der Waals surface area (Å²) in [6, 6.07) is 12.9. The summed E-state index contributed by atoms with van der Waals surface area (Å²) in [5.41, 5.74) is 0.919. The second-order valence-electron chi connectivity index (χ2n) is 12.8. The van der Waals surface area contributed by atoms with Crippen LogP contribution in [0.15, 0.2) is 59.5 Å². The summed E-state index contributed by atoms with van der Waals surface area (Å²) in [7, 11) is 1.37. The monoisotopic (exact) mass is 686 g/mol. The first kappa shape index (κ1) is 32.9. The van der Waals surface area contributed by atoms with Crippen molar-refractivity contribution < 1.29 is 42.9 Å². The van der Waals surface area contributed by atoms with Crippen LogP contribution in [0.4, 0.5) is 14.9 Å². The van der Waals surface area contributed by atoms with Gasteiger partial charge in [0, 0.05) is 55.7 Å². The lowest BCUT2D eigenvalue weighted by Gasteiger charge is -2.40. The number of ketones is 1. The molecule has 1 saturated carbocycles. The molecule has 2 atom stereocenters. The van der Waals surface area contributed by atoms with Crippen LogP contribution in [0.2, 0.25) is 0 Å². The third kappa shape index (κ3) is 5.73. The van der Waals surface area contributed by atoms with E-state index in [9.17, 15) is 29.1 Å². The number of ether oxygens (including phenoxy) is 3. The van der Waals surface area contributed by atoms with E-state index in [0.29, 0.717) is 35.4 Å². The Morgan fingerprint density at radius 2 is 1.74 bits per heavy atom. The van der Waals surface area contributed by atoms with E-state index in [4.69, 9.17) is 14.2 Å². The van der Waals surface area contributed by atoms with Crippen LogP contribution in [-0.2, 0) is 20.8 Å². The molecule has 1 N–H and O–H groups in total. The van der Waals surface area contributed by atoms with Gasteiger partial charge in [-0.25, -0.2) is 14.0 Å². The predicted molar refractivity (Wildman–Crippen MR) is 177 cm³/mol. The molecule has 2 aromatic carbocycles. The van der Waals surface area contributed by atoms with Gasteiger partial charge in [0.1, 0.15) is 11.3 Å². The van der Waals surface area contributed by atoms with Crippen molar-refractivity contribution in [3.8, 4) is 5.75 Å². The molecule has 0 spiro atoms. The molecular formula is C36H35FN4O9. The van der Waals surface area contributed by atoms with Crippen LogP contribution >= 0.6 is 0 Å². The van der Waals surface area contributed by atoms with E-state index in [1.165, 1.54) is 18.2 Å². The molecule has 2 aliphatic heterocycles. The molecule has 0 radical (unpaired) electrons. The van der Waals surface area contributed by atoms with Crippen LogP contribution in [0, 0.1) is 5.82 Å². The number of aromatic nitrogens is 2. The summed E-state index contributed by atoms with van der Waals surface area (Å²) in [4.78, 5) is 67.0. The molecule has 4 heterocycles. The van der Waals surface area contributed by atoms with Gasteiger partial charge in [-0.15, -0.1) is 0 Å². The van der Waals surface area contributed by atoms with Crippen LogP contribution in [0.25, 0.3) is 10.9 Å². The zero-order valence-electron chi connectivity index (χ0n) is 27.5. The van der Waals surface area contributed by atoms with Crippen LogP contribution in [0.5, 0.6) is 5.75 Å². The number of hydrogen-bond donors (Lipinski definition) is 1. The van der Waals surface area contributed by atoms with Crippen molar-refractivity contribution in [2.45, 2.75) is 50.7 Å². The van der Waals surface area contributed by atoms with Gasteiger partial charge in [-0.3, -0.25) is 14.4 Å². The third-order valence-electron chi connectivity index (χ3n) is 9.70. The second kappa shape index (κ2) is 13.0. The molecule has 1 amide bonds. The minimum absolute atomic E-state index is 0.0384. The lowest BCUT2D eigenvalue weighted by atomic mass is 10.1. The van der Waals surface area contributed by atoms with Crippen LogP contribution in [-0.4, -0.2) is 82.5 Å². The fourth-order valence-electron chi connectivity index (χ4n) is 7.10. The molecule has 3 aliphatic rings. The summed E-state index contributed by atoms with van der Waals surface area (Å²) in [6.07, 6.45) is 2.61. The summed E-state index contributed by atoms with van der Waals surface area (Å²) in [5, 5.41) is 9.52. The first-order chi connectivity index (χ1) is 24.1. The average Bonchev–Trinajstić information content (AvgIpc) is 3.73. The number of amides is 1. The highest BCUT2D eigenvalue weighted by Gasteiger charge is 2.36. The minimum Gasteiger partial charge on any atom is -0.492 e. The van der Waals surface area contributed by atoms with Crippen LogP contribution in [0.3, 0.4) is 0 Å². The van der Waals surface area contributed by atoms with Gasteiger partial charge >= 0.3 is 18.0 Å². The van der Waals surface area contributed by atoms with Crippen molar-refractivity contribution in [2.24, 2.45) is 0 Å². The highest BCUT2D eigenvalue weighted by atomic mass is 19.1. The SMILES string of the molecule is COc1c(N2CCN(C(=O)OCOC(=O)C3CCn4c(C(=O)c5ccccc5)ccc43)C(C)C2)c(F)cc2c(=O)c(C(=O)O)cn(C3CC3)c12. The molecule has 1 aliphatic carbocycles. The van der Waals surface area contributed by atoms with E-state index in [0.717, 1.165) is 18.9 Å². The number of carbonyl (C=O) groups excluding carboxylic acids is 3. The number of benzene rings is 2. The molecule has 0 bridgehead atoms.